The van der Waals surface area contributed by atoms with Crippen LogP contribution in [0.5, 0.6) is 0 Å². The fourth-order valence-corrected chi connectivity index (χ4v) is 3.07. The average molecular weight is 288 g/mol. The van der Waals surface area contributed by atoms with Crippen molar-refractivity contribution in [1.29, 1.82) is 0 Å². The Balaban J connectivity index is 1.71. The average Bonchev–Trinajstić information content (AvgIpc) is 3.04. The van der Waals surface area contributed by atoms with E-state index in [1.807, 2.05) is 24.3 Å². The van der Waals surface area contributed by atoms with Crippen molar-refractivity contribution in [3.63, 3.8) is 0 Å². The first-order chi connectivity index (χ1) is 10.1. The van der Waals surface area contributed by atoms with E-state index in [-0.39, 0.29) is 18.4 Å². The van der Waals surface area contributed by atoms with Gasteiger partial charge in [-0.25, -0.2) is 4.79 Å². The number of rotatable bonds is 4. The van der Waals surface area contributed by atoms with Gasteiger partial charge in [0.15, 0.2) is 0 Å². The SMILES string of the molecule is CC1CC1CNC(=O)N1CC(CC(=O)O)c2ccccc21. The Morgan fingerprint density at radius 2 is 2.10 bits per heavy atom. The molecule has 1 aliphatic heterocycles. The van der Waals surface area contributed by atoms with Crippen LogP contribution < -0.4 is 10.2 Å². The lowest BCUT2D eigenvalue weighted by Gasteiger charge is -2.18. The van der Waals surface area contributed by atoms with Crippen molar-refractivity contribution < 1.29 is 14.7 Å². The molecule has 0 saturated heterocycles. The quantitative estimate of drug-likeness (QED) is 0.894. The van der Waals surface area contributed by atoms with Crippen molar-refractivity contribution in [1.82, 2.24) is 5.32 Å². The molecule has 3 rings (SSSR count). The van der Waals surface area contributed by atoms with Crippen LogP contribution in [0.25, 0.3) is 0 Å². The number of benzene rings is 1. The van der Waals surface area contributed by atoms with Crippen molar-refractivity contribution >= 4 is 17.7 Å². The van der Waals surface area contributed by atoms with Gasteiger partial charge in [0.25, 0.3) is 0 Å². The first-order valence-electron chi connectivity index (χ1n) is 7.42. The minimum atomic E-state index is -0.830. The Bertz CT molecular complexity index is 572. The molecule has 1 aliphatic carbocycles. The largest absolute Gasteiger partial charge is 0.481 e. The predicted octanol–water partition coefficient (Wildman–Crippen LogP) is 2.43. The van der Waals surface area contributed by atoms with Gasteiger partial charge in [0.2, 0.25) is 0 Å². The second-order valence-electron chi connectivity index (χ2n) is 6.12. The Morgan fingerprint density at radius 1 is 1.38 bits per heavy atom. The van der Waals surface area contributed by atoms with Gasteiger partial charge in [-0.3, -0.25) is 9.69 Å². The van der Waals surface area contributed by atoms with Gasteiger partial charge in [-0.2, -0.15) is 0 Å². The van der Waals surface area contributed by atoms with Gasteiger partial charge in [0.1, 0.15) is 0 Å². The molecule has 2 amide bonds. The summed E-state index contributed by atoms with van der Waals surface area (Å²) in [7, 11) is 0. The summed E-state index contributed by atoms with van der Waals surface area (Å²) in [5.74, 6) is 0.353. The van der Waals surface area contributed by atoms with Gasteiger partial charge >= 0.3 is 12.0 Å². The summed E-state index contributed by atoms with van der Waals surface area (Å²) in [4.78, 5) is 25.0. The van der Waals surface area contributed by atoms with E-state index in [2.05, 4.69) is 12.2 Å². The van der Waals surface area contributed by atoms with Crippen LogP contribution in [-0.2, 0) is 4.79 Å². The fraction of sp³-hybridized carbons (Fsp3) is 0.500. The van der Waals surface area contributed by atoms with Crippen molar-refractivity contribution in [2.45, 2.75) is 25.7 Å². The summed E-state index contributed by atoms with van der Waals surface area (Å²) in [6.07, 6.45) is 1.24. The number of nitrogens with zero attached hydrogens (tertiary/aromatic N) is 1. The van der Waals surface area contributed by atoms with Crippen LogP contribution in [0, 0.1) is 11.8 Å². The topological polar surface area (TPSA) is 69.6 Å². The molecule has 2 aliphatic rings. The van der Waals surface area contributed by atoms with Crippen molar-refractivity contribution in [2.24, 2.45) is 11.8 Å². The van der Waals surface area contributed by atoms with E-state index >= 15 is 0 Å². The third-order valence-electron chi connectivity index (χ3n) is 4.53. The number of nitrogens with one attached hydrogen (secondary N) is 1. The molecule has 2 N–H and O–H groups in total. The molecule has 5 heteroatoms. The summed E-state index contributed by atoms with van der Waals surface area (Å²) in [6, 6.07) is 7.46. The number of carboxylic acid groups (broad SMARTS) is 1. The molecule has 0 bridgehead atoms. The lowest BCUT2D eigenvalue weighted by atomic mass is 9.98. The highest BCUT2D eigenvalue weighted by atomic mass is 16.4. The Kier molecular flexibility index (Phi) is 3.57. The molecular formula is C16H20N2O3. The number of anilines is 1. The molecule has 1 aromatic rings. The lowest BCUT2D eigenvalue weighted by Crippen LogP contribution is -2.40. The Hall–Kier alpha value is -2.04. The first kappa shape index (κ1) is 13.9. The molecular weight excluding hydrogens is 268 g/mol. The molecule has 1 saturated carbocycles. The van der Waals surface area contributed by atoms with Crippen LogP contribution in [0.1, 0.15) is 31.2 Å². The van der Waals surface area contributed by atoms with Gasteiger partial charge in [0, 0.05) is 24.7 Å². The molecule has 1 heterocycles. The smallest absolute Gasteiger partial charge is 0.321 e. The molecule has 21 heavy (non-hydrogen) atoms. The van der Waals surface area contributed by atoms with Crippen molar-refractivity contribution in [3.05, 3.63) is 29.8 Å². The number of aliphatic carboxylic acids is 1. The summed E-state index contributed by atoms with van der Waals surface area (Å²) < 4.78 is 0. The number of carboxylic acids is 1. The molecule has 0 radical (unpaired) electrons. The lowest BCUT2D eigenvalue weighted by molar-refractivity contribution is -0.137. The normalized spacial score (nSPS) is 26.3. The van der Waals surface area contributed by atoms with Crippen molar-refractivity contribution in [3.8, 4) is 0 Å². The molecule has 3 atom stereocenters. The number of amides is 2. The van der Waals surface area contributed by atoms with Crippen LogP contribution in [0.4, 0.5) is 10.5 Å². The van der Waals surface area contributed by atoms with Crippen LogP contribution in [0.3, 0.4) is 0 Å². The van der Waals surface area contributed by atoms with Crippen LogP contribution in [0.15, 0.2) is 24.3 Å². The van der Waals surface area contributed by atoms with Gasteiger partial charge in [-0.1, -0.05) is 25.1 Å². The molecule has 1 fully saturated rings. The zero-order chi connectivity index (χ0) is 15.0. The summed E-state index contributed by atoms with van der Waals surface area (Å²) in [6.45, 7) is 3.34. The number of hydrogen-bond donors (Lipinski definition) is 2. The molecule has 0 aromatic heterocycles. The van der Waals surface area contributed by atoms with Gasteiger partial charge in [0.05, 0.1) is 6.42 Å². The third kappa shape index (κ3) is 2.86. The number of urea groups is 1. The van der Waals surface area contributed by atoms with E-state index in [1.54, 1.807) is 4.90 Å². The van der Waals surface area contributed by atoms with Crippen LogP contribution >= 0.6 is 0 Å². The predicted molar refractivity (Wildman–Crippen MR) is 79.5 cm³/mol. The second-order valence-corrected chi connectivity index (χ2v) is 6.12. The molecule has 112 valence electrons. The summed E-state index contributed by atoms with van der Waals surface area (Å²) in [5.41, 5.74) is 1.79. The highest BCUT2D eigenvalue weighted by molar-refractivity contribution is 5.95. The van der Waals surface area contributed by atoms with E-state index in [9.17, 15) is 9.59 Å². The van der Waals surface area contributed by atoms with Crippen molar-refractivity contribution in [2.75, 3.05) is 18.0 Å². The van der Waals surface area contributed by atoms with Crippen LogP contribution in [-0.4, -0.2) is 30.2 Å². The molecule has 0 spiro atoms. The van der Waals surface area contributed by atoms with Gasteiger partial charge < -0.3 is 10.4 Å². The maximum Gasteiger partial charge on any atom is 0.321 e. The highest BCUT2D eigenvalue weighted by Gasteiger charge is 2.36. The Morgan fingerprint density at radius 3 is 2.76 bits per heavy atom. The van der Waals surface area contributed by atoms with Gasteiger partial charge in [-0.15, -0.1) is 0 Å². The standard InChI is InChI=1S/C16H20N2O3/c1-10-6-11(10)8-17-16(21)18-9-12(7-15(19)20)13-4-2-3-5-14(13)18/h2-5,10-12H,6-9H2,1H3,(H,17,21)(H,19,20). The molecule has 5 nitrogen and oxygen atoms in total. The third-order valence-corrected chi connectivity index (χ3v) is 4.53. The minimum absolute atomic E-state index is 0.0560. The van der Waals surface area contributed by atoms with E-state index in [1.165, 1.54) is 6.42 Å². The van der Waals surface area contributed by atoms with E-state index < -0.39 is 5.97 Å². The molecule has 3 unspecified atom stereocenters. The zero-order valence-corrected chi connectivity index (χ0v) is 12.1. The summed E-state index contributed by atoms with van der Waals surface area (Å²) >= 11 is 0. The maximum atomic E-state index is 12.3. The Labute approximate surface area is 123 Å². The number of carbonyl (C=O) groups is 2. The number of para-hydroxylation sites is 1. The zero-order valence-electron chi connectivity index (χ0n) is 12.1. The van der Waals surface area contributed by atoms with E-state index in [0.717, 1.165) is 11.3 Å². The monoisotopic (exact) mass is 288 g/mol. The van der Waals surface area contributed by atoms with Crippen LogP contribution in [0.2, 0.25) is 0 Å². The number of hydrogen-bond acceptors (Lipinski definition) is 2. The summed E-state index contributed by atoms with van der Waals surface area (Å²) in [5, 5.41) is 12.0. The number of fused-ring (bicyclic) bond motifs is 1. The maximum absolute atomic E-state index is 12.3. The second kappa shape index (κ2) is 5.39. The van der Waals surface area contributed by atoms with E-state index in [4.69, 9.17) is 5.11 Å². The minimum Gasteiger partial charge on any atom is -0.481 e. The van der Waals surface area contributed by atoms with E-state index in [0.29, 0.717) is 24.9 Å². The molecule has 1 aromatic carbocycles. The first-order valence-corrected chi connectivity index (χ1v) is 7.42. The number of carbonyl (C=O) groups excluding carboxylic acids is 1. The van der Waals surface area contributed by atoms with Gasteiger partial charge in [-0.05, 0) is 29.9 Å². The highest BCUT2D eigenvalue weighted by Crippen LogP contribution is 2.39. The fourth-order valence-electron chi connectivity index (χ4n) is 3.07.